The van der Waals surface area contributed by atoms with E-state index in [0.717, 1.165) is 31.2 Å². The molecule has 34 heavy (non-hydrogen) atoms. The number of carbonyl (C=O) groups excluding carboxylic acids is 2. The molecule has 0 bridgehead atoms. The van der Waals surface area contributed by atoms with E-state index in [1.807, 2.05) is 18.2 Å². The molecular weight excluding hydrogens is 446 g/mol. The van der Waals surface area contributed by atoms with Gasteiger partial charge < -0.3 is 39.6 Å². The van der Waals surface area contributed by atoms with E-state index in [2.05, 4.69) is 12.2 Å². The Morgan fingerprint density at radius 2 is 1.65 bits per heavy atom. The summed E-state index contributed by atoms with van der Waals surface area (Å²) in [5.74, 6) is -0.780. The number of alkyl carbamates (subject to hydrolysis) is 1. The van der Waals surface area contributed by atoms with Crippen molar-refractivity contribution >= 4 is 12.1 Å². The molecule has 192 valence electrons. The van der Waals surface area contributed by atoms with Gasteiger partial charge in [-0.05, 0) is 12.0 Å². The fourth-order valence-electron chi connectivity index (χ4n) is 3.42. The highest BCUT2D eigenvalue weighted by atomic mass is 16.7. The lowest BCUT2D eigenvalue weighted by Crippen LogP contribution is -2.59. The maximum atomic E-state index is 11.9. The third kappa shape index (κ3) is 9.94. The van der Waals surface area contributed by atoms with Crippen molar-refractivity contribution in [3.63, 3.8) is 0 Å². The van der Waals surface area contributed by atoms with Crippen LogP contribution in [0.2, 0.25) is 0 Å². The summed E-state index contributed by atoms with van der Waals surface area (Å²) in [6.45, 7) is 1.71. The number of esters is 1. The molecule has 0 unspecified atom stereocenters. The first kappa shape index (κ1) is 28.0. The van der Waals surface area contributed by atoms with Crippen LogP contribution in [0.4, 0.5) is 4.79 Å². The van der Waals surface area contributed by atoms with Gasteiger partial charge in [-0.15, -0.1) is 0 Å². The van der Waals surface area contributed by atoms with Gasteiger partial charge in [0.25, 0.3) is 0 Å². The number of nitrogens with one attached hydrogen (secondary N) is 1. The largest absolute Gasteiger partial charge is 0.461 e. The summed E-state index contributed by atoms with van der Waals surface area (Å²) in [6.07, 6.45) is -1.06. The zero-order valence-electron chi connectivity index (χ0n) is 19.6. The minimum absolute atomic E-state index is 0.0597. The van der Waals surface area contributed by atoms with Crippen molar-refractivity contribution in [2.24, 2.45) is 0 Å². The Morgan fingerprint density at radius 1 is 0.941 bits per heavy atom. The molecule has 0 saturated carbocycles. The van der Waals surface area contributed by atoms with Gasteiger partial charge in [0.15, 0.2) is 6.29 Å². The van der Waals surface area contributed by atoms with E-state index < -0.39 is 49.3 Å². The van der Waals surface area contributed by atoms with Gasteiger partial charge >= 0.3 is 12.1 Å². The van der Waals surface area contributed by atoms with Gasteiger partial charge in [0.1, 0.15) is 44.2 Å². The van der Waals surface area contributed by atoms with Crippen LogP contribution >= 0.6 is 0 Å². The molecule has 10 heteroatoms. The van der Waals surface area contributed by atoms with E-state index in [9.17, 15) is 24.9 Å². The van der Waals surface area contributed by atoms with Crippen molar-refractivity contribution in [2.75, 3.05) is 19.8 Å². The molecule has 1 heterocycles. The molecule has 1 fully saturated rings. The van der Waals surface area contributed by atoms with Gasteiger partial charge in [-0.2, -0.15) is 0 Å². The molecule has 0 aromatic heterocycles. The second kappa shape index (κ2) is 15.6. The Morgan fingerprint density at radius 3 is 2.38 bits per heavy atom. The lowest BCUT2D eigenvalue weighted by atomic mass is 9.99. The van der Waals surface area contributed by atoms with Crippen LogP contribution in [0, 0.1) is 0 Å². The second-order valence-electron chi connectivity index (χ2n) is 8.25. The Labute approximate surface area is 200 Å². The number of benzene rings is 1. The lowest BCUT2D eigenvalue weighted by Gasteiger charge is -2.39. The number of rotatable bonds is 14. The summed E-state index contributed by atoms with van der Waals surface area (Å²) >= 11 is 0. The number of hydrogen-bond acceptors (Lipinski definition) is 9. The summed E-state index contributed by atoms with van der Waals surface area (Å²) in [5, 5.41) is 32.7. The molecule has 1 amide bonds. The summed E-state index contributed by atoms with van der Waals surface area (Å²) in [5.41, 5.74) is 0.803. The van der Waals surface area contributed by atoms with E-state index in [1.165, 1.54) is 12.8 Å². The van der Waals surface area contributed by atoms with Gasteiger partial charge in [0, 0.05) is 6.61 Å². The molecule has 2 rings (SSSR count). The first-order chi connectivity index (χ1) is 16.4. The molecular formula is C24H37NO9. The highest BCUT2D eigenvalue weighted by Crippen LogP contribution is 2.23. The highest BCUT2D eigenvalue weighted by molar-refractivity contribution is 5.77. The third-order valence-electron chi connectivity index (χ3n) is 5.45. The van der Waals surface area contributed by atoms with Crippen molar-refractivity contribution in [1.29, 1.82) is 0 Å². The number of aliphatic hydroxyl groups is 3. The minimum Gasteiger partial charge on any atom is -0.461 e. The molecule has 10 nitrogen and oxygen atoms in total. The van der Waals surface area contributed by atoms with Crippen molar-refractivity contribution < 1.29 is 43.9 Å². The Bertz CT molecular complexity index is 718. The molecule has 1 aromatic rings. The quantitative estimate of drug-likeness (QED) is 0.229. The fraction of sp³-hybridized carbons (Fsp3) is 0.667. The van der Waals surface area contributed by atoms with Gasteiger partial charge in [-0.3, -0.25) is 4.79 Å². The Balaban J connectivity index is 1.67. The van der Waals surface area contributed by atoms with E-state index >= 15 is 0 Å². The SMILES string of the molecule is CCCCCCCCO[C@@H]1O[C@H](COC(=O)CNC(=O)OCc2ccccc2)[C@@H](O)[C@H](O)[C@H]1O. The second-order valence-corrected chi connectivity index (χ2v) is 8.25. The first-order valence-electron chi connectivity index (χ1n) is 11.8. The van der Waals surface area contributed by atoms with Crippen molar-refractivity contribution in [3.05, 3.63) is 35.9 Å². The summed E-state index contributed by atoms with van der Waals surface area (Å²) in [7, 11) is 0. The van der Waals surface area contributed by atoms with Gasteiger partial charge in [-0.25, -0.2) is 4.79 Å². The van der Waals surface area contributed by atoms with E-state index in [0.29, 0.717) is 6.61 Å². The molecule has 5 atom stereocenters. The topological polar surface area (TPSA) is 144 Å². The first-order valence-corrected chi connectivity index (χ1v) is 11.8. The summed E-state index contributed by atoms with van der Waals surface area (Å²) in [6, 6.07) is 9.07. The number of aliphatic hydroxyl groups excluding tert-OH is 3. The fourth-order valence-corrected chi connectivity index (χ4v) is 3.42. The van der Waals surface area contributed by atoms with Crippen molar-refractivity contribution in [3.8, 4) is 0 Å². The van der Waals surface area contributed by atoms with Gasteiger partial charge in [0.05, 0.1) is 0 Å². The number of ether oxygens (including phenoxy) is 4. The summed E-state index contributed by atoms with van der Waals surface area (Å²) < 4.78 is 21.1. The zero-order chi connectivity index (χ0) is 24.8. The predicted octanol–water partition coefficient (Wildman–Crippen LogP) is 1.64. The maximum Gasteiger partial charge on any atom is 0.407 e. The van der Waals surface area contributed by atoms with Crippen LogP contribution in [0.25, 0.3) is 0 Å². The summed E-state index contributed by atoms with van der Waals surface area (Å²) in [4.78, 5) is 23.7. The van der Waals surface area contributed by atoms with Crippen LogP contribution in [0.5, 0.6) is 0 Å². The van der Waals surface area contributed by atoms with Crippen LogP contribution in [0.1, 0.15) is 51.0 Å². The number of hydrogen-bond donors (Lipinski definition) is 4. The normalized spacial score (nSPS) is 24.4. The third-order valence-corrected chi connectivity index (χ3v) is 5.45. The number of unbranched alkanes of at least 4 members (excludes halogenated alkanes) is 5. The van der Waals surface area contributed by atoms with Crippen LogP contribution < -0.4 is 5.32 Å². The molecule has 0 aliphatic carbocycles. The van der Waals surface area contributed by atoms with Crippen LogP contribution in [0.15, 0.2) is 30.3 Å². The van der Waals surface area contributed by atoms with Crippen LogP contribution in [-0.4, -0.2) is 77.8 Å². The molecule has 1 aliphatic rings. The van der Waals surface area contributed by atoms with Crippen molar-refractivity contribution in [1.82, 2.24) is 5.32 Å². The van der Waals surface area contributed by atoms with Gasteiger partial charge in [-0.1, -0.05) is 69.4 Å². The lowest BCUT2D eigenvalue weighted by molar-refractivity contribution is -0.301. The molecule has 0 radical (unpaired) electrons. The Hall–Kier alpha value is -2.24. The predicted molar refractivity (Wildman–Crippen MR) is 122 cm³/mol. The molecule has 1 saturated heterocycles. The highest BCUT2D eigenvalue weighted by Gasteiger charge is 2.44. The smallest absolute Gasteiger partial charge is 0.407 e. The minimum atomic E-state index is -1.52. The van der Waals surface area contributed by atoms with E-state index in [-0.39, 0.29) is 13.2 Å². The van der Waals surface area contributed by atoms with E-state index in [4.69, 9.17) is 18.9 Å². The van der Waals surface area contributed by atoms with E-state index in [1.54, 1.807) is 12.1 Å². The van der Waals surface area contributed by atoms with Crippen molar-refractivity contribution in [2.45, 2.75) is 82.8 Å². The molecule has 0 spiro atoms. The maximum absolute atomic E-state index is 11.9. The zero-order valence-corrected chi connectivity index (χ0v) is 19.6. The average molecular weight is 484 g/mol. The van der Waals surface area contributed by atoms with Crippen LogP contribution in [0.3, 0.4) is 0 Å². The monoisotopic (exact) mass is 483 g/mol. The standard InChI is InChI=1S/C24H37NO9/c1-2-3-4-5-6-10-13-31-23-22(29)21(28)20(27)18(34-23)16-32-19(26)14-25-24(30)33-15-17-11-8-7-9-12-17/h7-9,11-12,18,20-23,27-29H,2-6,10,13-16H2,1H3,(H,25,30)/t18-,20-,21+,22-,23-/m1/s1. The van der Waals surface area contributed by atoms with Crippen LogP contribution in [-0.2, 0) is 30.3 Å². The number of carbonyl (C=O) groups is 2. The Kier molecular flexibility index (Phi) is 12.9. The van der Waals surface area contributed by atoms with Gasteiger partial charge in [0.2, 0.25) is 0 Å². The molecule has 1 aromatic carbocycles. The molecule has 4 N–H and O–H groups in total. The molecule has 1 aliphatic heterocycles. The average Bonchev–Trinajstić information content (AvgIpc) is 2.85. The number of amides is 1.